The Morgan fingerprint density at radius 1 is 1.03 bits per heavy atom. The van der Waals surface area contributed by atoms with Crippen molar-refractivity contribution >= 4 is 17.8 Å². The first-order chi connectivity index (χ1) is 14.4. The Bertz CT molecular complexity index is 901. The zero-order chi connectivity index (χ0) is 21.6. The quantitative estimate of drug-likeness (QED) is 0.618. The van der Waals surface area contributed by atoms with Crippen molar-refractivity contribution in [3.05, 3.63) is 60.2 Å². The van der Waals surface area contributed by atoms with Crippen LogP contribution in [0.3, 0.4) is 0 Å². The highest BCUT2D eigenvalue weighted by Crippen LogP contribution is 2.22. The lowest BCUT2D eigenvalue weighted by Crippen LogP contribution is -2.50. The van der Waals surface area contributed by atoms with E-state index in [-0.39, 0.29) is 6.61 Å². The molecule has 0 saturated carbocycles. The Labute approximate surface area is 175 Å². The summed E-state index contributed by atoms with van der Waals surface area (Å²) >= 11 is 0. The van der Waals surface area contributed by atoms with Crippen LogP contribution in [0.2, 0.25) is 0 Å². The van der Waals surface area contributed by atoms with Crippen LogP contribution in [0.1, 0.15) is 25.8 Å². The fourth-order valence-corrected chi connectivity index (χ4v) is 3.10. The van der Waals surface area contributed by atoms with Gasteiger partial charge < -0.3 is 14.8 Å². The summed E-state index contributed by atoms with van der Waals surface area (Å²) in [6, 6.07) is 15.8. The summed E-state index contributed by atoms with van der Waals surface area (Å²) in [7, 11) is 0. The zero-order valence-corrected chi connectivity index (χ0v) is 17.0. The lowest BCUT2D eigenvalue weighted by atomic mass is 9.93. The molecule has 30 heavy (non-hydrogen) atoms. The van der Waals surface area contributed by atoms with Gasteiger partial charge in [0.1, 0.15) is 17.0 Å². The molecule has 2 aromatic carbocycles. The molecule has 2 N–H and O–H groups in total. The molecule has 8 nitrogen and oxygen atoms in total. The van der Waals surface area contributed by atoms with Gasteiger partial charge in [0, 0.05) is 0 Å². The number of ether oxygens (including phenoxy) is 2. The largest absolute Gasteiger partial charge is 0.494 e. The molecular weight excluding hydrogens is 386 g/mol. The van der Waals surface area contributed by atoms with Crippen molar-refractivity contribution in [2.75, 3.05) is 13.2 Å². The van der Waals surface area contributed by atoms with E-state index < -0.39 is 23.4 Å². The van der Waals surface area contributed by atoms with Crippen LogP contribution in [0.5, 0.6) is 11.5 Å². The van der Waals surface area contributed by atoms with Crippen LogP contribution in [0.25, 0.3) is 0 Å². The minimum Gasteiger partial charge on any atom is -0.494 e. The molecule has 0 unspecified atom stereocenters. The summed E-state index contributed by atoms with van der Waals surface area (Å²) < 4.78 is 10.7. The van der Waals surface area contributed by atoms with Crippen LogP contribution in [-0.2, 0) is 16.0 Å². The molecule has 0 aliphatic carbocycles. The second-order valence-electron chi connectivity index (χ2n) is 7.12. The maximum Gasteiger partial charge on any atom is 0.344 e. The van der Waals surface area contributed by atoms with Gasteiger partial charge in [-0.15, -0.1) is 0 Å². The number of amides is 4. The average molecular weight is 411 g/mol. The number of hydrogen-bond acceptors (Lipinski definition) is 5. The van der Waals surface area contributed by atoms with Crippen LogP contribution < -0.4 is 20.2 Å². The van der Waals surface area contributed by atoms with Gasteiger partial charge in [0.15, 0.2) is 6.61 Å². The highest BCUT2D eigenvalue weighted by Gasteiger charge is 2.48. The van der Waals surface area contributed by atoms with E-state index in [4.69, 9.17) is 9.47 Å². The number of nitrogens with one attached hydrogen (secondary N) is 2. The molecule has 3 rings (SSSR count). The van der Waals surface area contributed by atoms with Gasteiger partial charge >= 0.3 is 6.03 Å². The van der Waals surface area contributed by atoms with E-state index in [2.05, 4.69) is 10.7 Å². The van der Waals surface area contributed by atoms with Crippen molar-refractivity contribution in [3.63, 3.8) is 0 Å². The summed E-state index contributed by atoms with van der Waals surface area (Å²) in [6.45, 7) is 3.75. The molecule has 1 aliphatic heterocycles. The SMILES string of the molecule is CCOc1ccc(OCC(=O)NN2C(=O)N[C@@](C)(CCc3ccccc3)C2=O)cc1. The number of hydrogen-bond donors (Lipinski definition) is 2. The van der Waals surface area contributed by atoms with E-state index in [1.807, 2.05) is 37.3 Å². The second-order valence-corrected chi connectivity index (χ2v) is 7.12. The number of hydrazine groups is 1. The Balaban J connectivity index is 1.52. The number of carbonyl (C=O) groups is 3. The molecule has 4 amide bonds. The minimum atomic E-state index is -1.09. The molecule has 2 aromatic rings. The molecule has 1 fully saturated rings. The maximum atomic E-state index is 12.7. The highest BCUT2D eigenvalue weighted by atomic mass is 16.5. The van der Waals surface area contributed by atoms with E-state index >= 15 is 0 Å². The van der Waals surface area contributed by atoms with Crippen LogP contribution in [0.15, 0.2) is 54.6 Å². The first-order valence-electron chi connectivity index (χ1n) is 9.77. The van der Waals surface area contributed by atoms with Crippen molar-refractivity contribution in [2.24, 2.45) is 0 Å². The third-order valence-electron chi connectivity index (χ3n) is 4.76. The predicted octanol–water partition coefficient (Wildman–Crippen LogP) is 2.44. The Morgan fingerprint density at radius 3 is 2.30 bits per heavy atom. The monoisotopic (exact) mass is 411 g/mol. The number of urea groups is 1. The van der Waals surface area contributed by atoms with Gasteiger partial charge in [-0.3, -0.25) is 15.0 Å². The van der Waals surface area contributed by atoms with E-state index in [9.17, 15) is 14.4 Å². The molecule has 158 valence electrons. The van der Waals surface area contributed by atoms with Crippen LogP contribution in [0.4, 0.5) is 4.79 Å². The van der Waals surface area contributed by atoms with Crippen molar-refractivity contribution in [1.82, 2.24) is 15.8 Å². The third kappa shape index (κ3) is 5.08. The van der Waals surface area contributed by atoms with Gasteiger partial charge in [0.05, 0.1) is 6.61 Å². The molecule has 1 saturated heterocycles. The summed E-state index contributed by atoms with van der Waals surface area (Å²) in [6.07, 6.45) is 1.03. The van der Waals surface area contributed by atoms with Crippen LogP contribution in [-0.4, -0.2) is 41.6 Å². The summed E-state index contributed by atoms with van der Waals surface area (Å²) in [5.41, 5.74) is 2.29. The number of imide groups is 1. The third-order valence-corrected chi connectivity index (χ3v) is 4.76. The van der Waals surface area contributed by atoms with E-state index in [0.717, 1.165) is 10.6 Å². The van der Waals surface area contributed by atoms with Crippen molar-refractivity contribution < 1.29 is 23.9 Å². The minimum absolute atomic E-state index is 0.341. The topological polar surface area (TPSA) is 97.0 Å². The van der Waals surface area contributed by atoms with Crippen molar-refractivity contribution in [3.8, 4) is 11.5 Å². The normalized spacial score (nSPS) is 18.1. The molecule has 1 atom stereocenters. The van der Waals surface area contributed by atoms with E-state index in [0.29, 0.717) is 30.9 Å². The number of nitrogens with zero attached hydrogens (tertiary/aromatic N) is 1. The maximum absolute atomic E-state index is 12.7. The molecule has 0 radical (unpaired) electrons. The summed E-state index contributed by atoms with van der Waals surface area (Å²) in [4.78, 5) is 37.2. The van der Waals surface area contributed by atoms with Gasteiger partial charge in [-0.2, -0.15) is 5.01 Å². The van der Waals surface area contributed by atoms with Gasteiger partial charge in [0.2, 0.25) is 0 Å². The van der Waals surface area contributed by atoms with Crippen LogP contribution in [0, 0.1) is 0 Å². The second kappa shape index (κ2) is 9.30. The summed E-state index contributed by atoms with van der Waals surface area (Å²) in [5.74, 6) is 0.0551. The van der Waals surface area contributed by atoms with Gasteiger partial charge in [-0.05, 0) is 56.5 Å². The molecule has 1 heterocycles. The number of rotatable bonds is 9. The number of aryl methyl sites for hydroxylation is 1. The van der Waals surface area contributed by atoms with Crippen LogP contribution >= 0.6 is 0 Å². The van der Waals surface area contributed by atoms with Crippen molar-refractivity contribution in [1.29, 1.82) is 0 Å². The molecule has 0 bridgehead atoms. The average Bonchev–Trinajstić information content (AvgIpc) is 2.96. The predicted molar refractivity (Wildman–Crippen MR) is 110 cm³/mol. The number of benzene rings is 2. The van der Waals surface area contributed by atoms with E-state index in [1.54, 1.807) is 31.2 Å². The van der Waals surface area contributed by atoms with Gasteiger partial charge in [0.25, 0.3) is 11.8 Å². The fraction of sp³-hybridized carbons (Fsp3) is 0.318. The highest BCUT2D eigenvalue weighted by molar-refractivity contribution is 6.07. The number of carbonyl (C=O) groups excluding carboxylic acids is 3. The zero-order valence-electron chi connectivity index (χ0n) is 17.0. The molecular formula is C22H25N3O5. The summed E-state index contributed by atoms with van der Waals surface area (Å²) in [5, 5.41) is 3.38. The molecule has 1 aliphatic rings. The van der Waals surface area contributed by atoms with Gasteiger partial charge in [-0.25, -0.2) is 4.79 Å². The molecule has 0 aromatic heterocycles. The van der Waals surface area contributed by atoms with Gasteiger partial charge in [-0.1, -0.05) is 30.3 Å². The lowest BCUT2D eigenvalue weighted by Gasteiger charge is -2.21. The fourth-order valence-electron chi connectivity index (χ4n) is 3.10. The van der Waals surface area contributed by atoms with Crippen molar-refractivity contribution in [2.45, 2.75) is 32.2 Å². The Hall–Kier alpha value is -3.55. The first kappa shape index (κ1) is 21.2. The Kier molecular flexibility index (Phi) is 6.56. The smallest absolute Gasteiger partial charge is 0.344 e. The molecule has 0 spiro atoms. The molecule has 8 heteroatoms. The first-order valence-corrected chi connectivity index (χ1v) is 9.77. The standard InChI is InChI=1S/C22H25N3O5/c1-3-29-17-9-11-18(12-10-17)30-15-19(26)24-25-20(27)22(2,23-21(25)28)14-13-16-7-5-4-6-8-16/h4-12H,3,13-15H2,1-2H3,(H,23,28)(H,24,26)/t22-/m0/s1. The Morgan fingerprint density at radius 2 is 1.67 bits per heavy atom. The lowest BCUT2D eigenvalue weighted by molar-refractivity contribution is -0.139. The van der Waals surface area contributed by atoms with E-state index in [1.165, 1.54) is 0 Å².